The van der Waals surface area contributed by atoms with E-state index in [4.69, 9.17) is 0 Å². The minimum atomic E-state index is 0.611. The van der Waals surface area contributed by atoms with Gasteiger partial charge >= 0.3 is 0 Å². The molecule has 0 radical (unpaired) electrons. The van der Waals surface area contributed by atoms with Crippen molar-refractivity contribution in [1.29, 1.82) is 0 Å². The zero-order valence-electron chi connectivity index (χ0n) is 6.66. The van der Waals surface area contributed by atoms with Gasteiger partial charge in [-0.1, -0.05) is 6.58 Å². The van der Waals surface area contributed by atoms with Gasteiger partial charge in [-0.05, 0) is 0 Å². The Morgan fingerprint density at radius 3 is 2.82 bits per heavy atom. The number of hydrogen-bond acceptors (Lipinski definition) is 3. The molecule has 1 rings (SSSR count). The maximum atomic E-state index is 3.87. The molecule has 0 aliphatic carbocycles. The molecule has 1 aliphatic heterocycles. The van der Waals surface area contributed by atoms with Gasteiger partial charge in [0, 0.05) is 37.4 Å². The van der Waals surface area contributed by atoms with E-state index in [9.17, 15) is 0 Å². The van der Waals surface area contributed by atoms with Gasteiger partial charge in [0.15, 0.2) is 0 Å². The Morgan fingerprint density at radius 2 is 2.18 bits per heavy atom. The fraction of sp³-hybridized carbons (Fsp3) is 0.714. The highest BCUT2D eigenvalue weighted by Gasteiger charge is 2.14. The molecule has 0 atom stereocenters. The molecule has 0 aromatic heterocycles. The number of nitrogens with two attached hydrogens (primary N) is 1. The molecule has 0 aromatic carbocycles. The molecular weight excluding hydrogens is 140 g/mol. The molecule has 1 fully saturated rings. The van der Waals surface area contributed by atoms with E-state index in [-0.39, 0.29) is 0 Å². The lowest BCUT2D eigenvalue weighted by Gasteiger charge is -2.17. The SMILES string of the molecule is C=CN=N[NH2+]C1CCNCC1. The van der Waals surface area contributed by atoms with Crippen LogP contribution in [0.5, 0.6) is 0 Å². The van der Waals surface area contributed by atoms with Gasteiger partial charge in [0.25, 0.3) is 0 Å². The Hall–Kier alpha value is -0.740. The molecule has 1 heterocycles. The number of hydrogen-bond donors (Lipinski definition) is 2. The summed E-state index contributed by atoms with van der Waals surface area (Å²) in [7, 11) is 0. The molecule has 62 valence electrons. The smallest absolute Gasteiger partial charge is 0.114 e. The van der Waals surface area contributed by atoms with Crippen LogP contribution >= 0.6 is 0 Å². The molecule has 4 nitrogen and oxygen atoms in total. The first-order chi connectivity index (χ1) is 5.43. The Kier molecular flexibility index (Phi) is 3.79. The Labute approximate surface area is 66.8 Å². The lowest BCUT2D eigenvalue weighted by molar-refractivity contribution is -0.703. The van der Waals surface area contributed by atoms with Crippen molar-refractivity contribution in [2.24, 2.45) is 10.3 Å². The number of piperidine rings is 1. The van der Waals surface area contributed by atoms with Gasteiger partial charge in [-0.2, -0.15) is 5.43 Å². The van der Waals surface area contributed by atoms with Crippen molar-refractivity contribution >= 4 is 0 Å². The predicted molar refractivity (Wildman–Crippen MR) is 42.9 cm³/mol. The summed E-state index contributed by atoms with van der Waals surface area (Å²) in [5.74, 6) is 0. The first-order valence-electron chi connectivity index (χ1n) is 3.98. The zero-order chi connectivity index (χ0) is 7.94. The normalized spacial score (nSPS) is 20.7. The van der Waals surface area contributed by atoms with Crippen LogP contribution in [0.2, 0.25) is 0 Å². The Bertz CT molecular complexity index is 137. The van der Waals surface area contributed by atoms with Crippen LogP contribution in [-0.2, 0) is 0 Å². The zero-order valence-corrected chi connectivity index (χ0v) is 6.66. The molecule has 0 amide bonds. The van der Waals surface area contributed by atoms with E-state index in [0.29, 0.717) is 6.04 Å². The summed E-state index contributed by atoms with van der Waals surface area (Å²) < 4.78 is 0. The Balaban J connectivity index is 2.14. The summed E-state index contributed by atoms with van der Waals surface area (Å²) in [6, 6.07) is 0.611. The van der Waals surface area contributed by atoms with Gasteiger partial charge in [-0.15, -0.1) is 5.11 Å². The molecule has 11 heavy (non-hydrogen) atoms. The third-order valence-corrected chi connectivity index (χ3v) is 1.81. The van der Waals surface area contributed by atoms with Crippen LogP contribution in [0.1, 0.15) is 12.8 Å². The largest absolute Gasteiger partial charge is 0.316 e. The van der Waals surface area contributed by atoms with E-state index < -0.39 is 0 Å². The number of nitrogens with zero attached hydrogens (tertiary/aromatic N) is 2. The molecule has 0 aromatic rings. The number of rotatable bonds is 3. The molecule has 0 saturated carbocycles. The maximum absolute atomic E-state index is 3.87. The van der Waals surface area contributed by atoms with Gasteiger partial charge in [0.1, 0.15) is 6.04 Å². The van der Waals surface area contributed by atoms with E-state index >= 15 is 0 Å². The monoisotopic (exact) mass is 155 g/mol. The van der Waals surface area contributed by atoms with Crippen molar-refractivity contribution in [3.63, 3.8) is 0 Å². The average Bonchev–Trinajstić information content (AvgIpc) is 2.07. The average molecular weight is 155 g/mol. The summed E-state index contributed by atoms with van der Waals surface area (Å²) in [6.45, 7) is 5.65. The molecule has 1 saturated heterocycles. The first kappa shape index (κ1) is 8.36. The van der Waals surface area contributed by atoms with Crippen molar-refractivity contribution in [3.05, 3.63) is 12.8 Å². The molecule has 0 bridgehead atoms. The quantitative estimate of drug-likeness (QED) is 0.331. The molecule has 0 unspecified atom stereocenters. The topological polar surface area (TPSA) is 53.4 Å². The standard InChI is InChI=1S/C7H14N4/c1-2-9-11-10-7-3-5-8-6-4-7/h2,7-8H,1,3-6H2,(H,9,10)/p+1. The van der Waals surface area contributed by atoms with E-state index in [1.807, 2.05) is 5.43 Å². The second-order valence-corrected chi connectivity index (χ2v) is 2.65. The highest BCUT2D eigenvalue weighted by Crippen LogP contribution is 1.95. The fourth-order valence-corrected chi connectivity index (χ4v) is 1.17. The lowest BCUT2D eigenvalue weighted by atomic mass is 10.1. The van der Waals surface area contributed by atoms with Gasteiger partial charge in [-0.3, -0.25) is 0 Å². The highest BCUT2D eigenvalue weighted by atomic mass is 15.4. The summed E-state index contributed by atoms with van der Waals surface area (Å²) in [5.41, 5.74) is 1.92. The summed E-state index contributed by atoms with van der Waals surface area (Å²) in [6.07, 6.45) is 3.81. The van der Waals surface area contributed by atoms with Crippen molar-refractivity contribution in [3.8, 4) is 0 Å². The molecule has 3 N–H and O–H groups in total. The highest BCUT2D eigenvalue weighted by molar-refractivity contribution is 4.64. The van der Waals surface area contributed by atoms with Crippen molar-refractivity contribution in [2.75, 3.05) is 13.1 Å². The van der Waals surface area contributed by atoms with Crippen LogP contribution in [0.15, 0.2) is 23.1 Å². The second kappa shape index (κ2) is 4.98. The molecule has 1 aliphatic rings. The summed E-state index contributed by atoms with van der Waals surface area (Å²) >= 11 is 0. The van der Waals surface area contributed by atoms with Crippen LogP contribution < -0.4 is 10.7 Å². The van der Waals surface area contributed by atoms with Gasteiger partial charge in [0.05, 0.1) is 0 Å². The van der Waals surface area contributed by atoms with Crippen LogP contribution in [0.4, 0.5) is 0 Å². The van der Waals surface area contributed by atoms with Crippen LogP contribution in [0.3, 0.4) is 0 Å². The van der Waals surface area contributed by atoms with Crippen molar-refractivity contribution < 1.29 is 5.43 Å². The van der Waals surface area contributed by atoms with Crippen LogP contribution in [-0.4, -0.2) is 19.1 Å². The minimum absolute atomic E-state index is 0.611. The fourth-order valence-electron chi connectivity index (χ4n) is 1.17. The minimum Gasteiger partial charge on any atom is -0.316 e. The number of quaternary nitrogens is 1. The van der Waals surface area contributed by atoms with Crippen molar-refractivity contribution in [1.82, 2.24) is 5.32 Å². The van der Waals surface area contributed by atoms with Gasteiger partial charge in [-0.25, -0.2) is 0 Å². The second-order valence-electron chi connectivity index (χ2n) is 2.65. The maximum Gasteiger partial charge on any atom is 0.114 e. The third-order valence-electron chi connectivity index (χ3n) is 1.81. The Morgan fingerprint density at radius 1 is 1.45 bits per heavy atom. The van der Waals surface area contributed by atoms with Gasteiger partial charge in [0.2, 0.25) is 0 Å². The van der Waals surface area contributed by atoms with Crippen LogP contribution in [0, 0.1) is 0 Å². The molecular formula is C7H15N4+. The van der Waals surface area contributed by atoms with Crippen molar-refractivity contribution in [2.45, 2.75) is 18.9 Å². The summed E-state index contributed by atoms with van der Waals surface area (Å²) in [4.78, 5) is 0. The van der Waals surface area contributed by atoms with Crippen LogP contribution in [0.25, 0.3) is 0 Å². The summed E-state index contributed by atoms with van der Waals surface area (Å²) in [5, 5.41) is 10.8. The van der Waals surface area contributed by atoms with E-state index in [2.05, 4.69) is 22.2 Å². The lowest BCUT2D eigenvalue weighted by Crippen LogP contribution is -2.85. The van der Waals surface area contributed by atoms with Gasteiger partial charge < -0.3 is 5.32 Å². The predicted octanol–water partition coefficient (Wildman–Crippen LogP) is -0.188. The number of nitrogens with one attached hydrogen (secondary N) is 1. The molecule has 0 spiro atoms. The van der Waals surface area contributed by atoms with E-state index in [1.165, 1.54) is 19.0 Å². The third kappa shape index (κ3) is 3.25. The first-order valence-corrected chi connectivity index (χ1v) is 3.98. The molecule has 4 heteroatoms. The van der Waals surface area contributed by atoms with E-state index in [0.717, 1.165) is 13.1 Å². The van der Waals surface area contributed by atoms with E-state index in [1.54, 1.807) is 0 Å².